The van der Waals surface area contributed by atoms with E-state index in [-0.39, 0.29) is 11.8 Å². The monoisotopic (exact) mass is 285 g/mol. The molecule has 0 bridgehead atoms. The number of anilines is 1. The molecule has 1 fully saturated rings. The standard InChI is InChI=1S/C16H19N3O2/c17-8-7-13-3-5-15(6-4-13)18-16(21)11-19-9-1-2-14(10-19)12-20/h3-6,12,14H,1-2,7,9-11H2,(H,18,21). The molecular formula is C16H19N3O2. The summed E-state index contributed by atoms with van der Waals surface area (Å²) < 4.78 is 0. The largest absolute Gasteiger partial charge is 0.325 e. The van der Waals surface area contributed by atoms with Gasteiger partial charge in [-0.3, -0.25) is 9.69 Å². The Bertz CT molecular complexity index is 533. The van der Waals surface area contributed by atoms with Crippen LogP contribution in [-0.2, 0) is 16.0 Å². The van der Waals surface area contributed by atoms with E-state index in [0.717, 1.165) is 36.9 Å². The van der Waals surface area contributed by atoms with Crippen LogP contribution >= 0.6 is 0 Å². The highest BCUT2D eigenvalue weighted by Gasteiger charge is 2.20. The maximum atomic E-state index is 12.0. The fourth-order valence-electron chi connectivity index (χ4n) is 2.55. The summed E-state index contributed by atoms with van der Waals surface area (Å²) in [5, 5.41) is 11.4. The molecule has 0 radical (unpaired) electrons. The van der Waals surface area contributed by atoms with Gasteiger partial charge in [0.05, 0.1) is 19.0 Å². The van der Waals surface area contributed by atoms with E-state index in [1.165, 1.54) is 0 Å². The SMILES string of the molecule is N#CCc1ccc(NC(=O)CN2CCCC(C=O)C2)cc1. The second-order valence-electron chi connectivity index (χ2n) is 5.35. The molecule has 0 aromatic heterocycles. The Balaban J connectivity index is 1.84. The minimum Gasteiger partial charge on any atom is -0.325 e. The number of benzene rings is 1. The van der Waals surface area contributed by atoms with Gasteiger partial charge in [-0.2, -0.15) is 5.26 Å². The van der Waals surface area contributed by atoms with Crippen molar-refractivity contribution in [1.29, 1.82) is 5.26 Å². The van der Waals surface area contributed by atoms with Crippen LogP contribution in [0.25, 0.3) is 0 Å². The van der Waals surface area contributed by atoms with E-state index < -0.39 is 0 Å². The lowest BCUT2D eigenvalue weighted by Crippen LogP contribution is -2.40. The summed E-state index contributed by atoms with van der Waals surface area (Å²) >= 11 is 0. The number of amides is 1. The molecule has 21 heavy (non-hydrogen) atoms. The van der Waals surface area contributed by atoms with E-state index >= 15 is 0 Å². The number of nitriles is 1. The highest BCUT2D eigenvalue weighted by molar-refractivity contribution is 5.92. The first-order valence-electron chi connectivity index (χ1n) is 7.14. The lowest BCUT2D eigenvalue weighted by molar-refractivity contribution is -0.119. The van der Waals surface area contributed by atoms with Gasteiger partial charge in [-0.25, -0.2) is 0 Å². The van der Waals surface area contributed by atoms with Crippen LogP contribution in [0, 0.1) is 17.2 Å². The van der Waals surface area contributed by atoms with E-state index in [0.29, 0.717) is 19.5 Å². The first kappa shape index (κ1) is 15.2. The molecule has 5 nitrogen and oxygen atoms in total. The molecule has 1 heterocycles. The van der Waals surface area contributed by atoms with Crippen LogP contribution in [0.15, 0.2) is 24.3 Å². The molecule has 110 valence electrons. The molecular weight excluding hydrogens is 266 g/mol. The Hall–Kier alpha value is -2.19. The maximum Gasteiger partial charge on any atom is 0.238 e. The molecule has 1 atom stereocenters. The van der Waals surface area contributed by atoms with Crippen LogP contribution in [0.5, 0.6) is 0 Å². The highest BCUT2D eigenvalue weighted by Crippen LogP contribution is 2.14. The third-order valence-corrected chi connectivity index (χ3v) is 3.62. The highest BCUT2D eigenvalue weighted by atomic mass is 16.2. The molecule has 2 rings (SSSR count). The zero-order valence-electron chi connectivity index (χ0n) is 11.9. The molecule has 1 aromatic rings. The second kappa shape index (κ2) is 7.55. The van der Waals surface area contributed by atoms with E-state index in [4.69, 9.17) is 5.26 Å². The lowest BCUT2D eigenvalue weighted by Gasteiger charge is -2.29. The predicted octanol–water partition coefficient (Wildman–Crippen LogP) is 1.60. The lowest BCUT2D eigenvalue weighted by atomic mass is 10.00. The van der Waals surface area contributed by atoms with Crippen LogP contribution in [0.2, 0.25) is 0 Å². The number of hydrogen-bond acceptors (Lipinski definition) is 4. The minimum absolute atomic E-state index is 0.0526. The van der Waals surface area contributed by atoms with Gasteiger partial charge in [0.25, 0.3) is 0 Å². The Kier molecular flexibility index (Phi) is 5.47. The van der Waals surface area contributed by atoms with Gasteiger partial charge in [-0.1, -0.05) is 12.1 Å². The van der Waals surface area contributed by atoms with Crippen molar-refractivity contribution >= 4 is 17.9 Å². The fraction of sp³-hybridized carbons (Fsp3) is 0.438. The van der Waals surface area contributed by atoms with Crippen molar-refractivity contribution in [3.63, 3.8) is 0 Å². The molecule has 1 saturated heterocycles. The summed E-state index contributed by atoms with van der Waals surface area (Å²) in [6.07, 6.45) is 3.23. The summed E-state index contributed by atoms with van der Waals surface area (Å²) in [4.78, 5) is 24.8. The van der Waals surface area contributed by atoms with Crippen molar-refractivity contribution in [3.8, 4) is 6.07 Å². The number of carbonyl (C=O) groups is 2. The normalized spacial score (nSPS) is 18.7. The third-order valence-electron chi connectivity index (χ3n) is 3.62. The van der Waals surface area contributed by atoms with Crippen molar-refractivity contribution in [1.82, 2.24) is 4.90 Å². The number of rotatable bonds is 5. The fourth-order valence-corrected chi connectivity index (χ4v) is 2.55. The number of carbonyl (C=O) groups excluding carboxylic acids is 2. The number of hydrogen-bond donors (Lipinski definition) is 1. The van der Waals surface area contributed by atoms with Crippen molar-refractivity contribution < 1.29 is 9.59 Å². The Morgan fingerprint density at radius 1 is 1.43 bits per heavy atom. The molecule has 1 aromatic carbocycles. The van der Waals surface area contributed by atoms with Crippen LogP contribution in [-0.4, -0.2) is 36.7 Å². The van der Waals surface area contributed by atoms with Crippen molar-refractivity contribution in [2.45, 2.75) is 19.3 Å². The topological polar surface area (TPSA) is 73.2 Å². The third kappa shape index (κ3) is 4.69. The van der Waals surface area contributed by atoms with Crippen LogP contribution in [0.1, 0.15) is 18.4 Å². The van der Waals surface area contributed by atoms with Gasteiger partial charge in [0, 0.05) is 18.2 Å². The summed E-state index contributed by atoms with van der Waals surface area (Å²) in [6.45, 7) is 1.83. The van der Waals surface area contributed by atoms with Gasteiger partial charge in [0.15, 0.2) is 0 Å². The van der Waals surface area contributed by atoms with Gasteiger partial charge >= 0.3 is 0 Å². The van der Waals surface area contributed by atoms with Gasteiger partial charge in [-0.15, -0.1) is 0 Å². The molecule has 1 N–H and O–H groups in total. The Morgan fingerprint density at radius 3 is 2.86 bits per heavy atom. The zero-order chi connectivity index (χ0) is 15.1. The van der Waals surface area contributed by atoms with Gasteiger partial charge in [0.2, 0.25) is 5.91 Å². The van der Waals surface area contributed by atoms with Crippen LogP contribution in [0.4, 0.5) is 5.69 Å². The average molecular weight is 285 g/mol. The van der Waals surface area contributed by atoms with Crippen LogP contribution in [0.3, 0.4) is 0 Å². The number of aldehydes is 1. The molecule has 1 aliphatic rings. The van der Waals surface area contributed by atoms with Crippen molar-refractivity contribution in [3.05, 3.63) is 29.8 Å². The van der Waals surface area contributed by atoms with Gasteiger partial charge < -0.3 is 10.1 Å². The first-order valence-corrected chi connectivity index (χ1v) is 7.14. The summed E-state index contributed by atoms with van der Waals surface area (Å²) in [7, 11) is 0. The van der Waals surface area contributed by atoms with Crippen molar-refractivity contribution in [2.75, 3.05) is 25.0 Å². The molecule has 1 unspecified atom stereocenters. The number of nitrogens with zero attached hydrogens (tertiary/aromatic N) is 2. The quantitative estimate of drug-likeness (QED) is 0.834. The molecule has 1 aliphatic heterocycles. The van der Waals surface area contributed by atoms with Crippen molar-refractivity contribution in [2.24, 2.45) is 5.92 Å². The second-order valence-corrected chi connectivity index (χ2v) is 5.35. The minimum atomic E-state index is -0.0745. The number of piperidine rings is 1. The molecule has 0 spiro atoms. The molecule has 1 amide bonds. The molecule has 5 heteroatoms. The molecule has 0 aliphatic carbocycles. The van der Waals surface area contributed by atoms with Gasteiger partial charge in [0.1, 0.15) is 6.29 Å². The number of likely N-dealkylation sites (tertiary alicyclic amines) is 1. The Morgan fingerprint density at radius 2 is 2.19 bits per heavy atom. The molecule has 0 saturated carbocycles. The Labute approximate surface area is 124 Å². The first-order chi connectivity index (χ1) is 10.2. The maximum absolute atomic E-state index is 12.0. The van der Waals surface area contributed by atoms with E-state index in [2.05, 4.69) is 11.4 Å². The van der Waals surface area contributed by atoms with Gasteiger partial charge in [-0.05, 0) is 37.1 Å². The summed E-state index contributed by atoms with van der Waals surface area (Å²) in [6, 6.07) is 9.36. The van der Waals surface area contributed by atoms with E-state index in [1.807, 2.05) is 17.0 Å². The van der Waals surface area contributed by atoms with E-state index in [9.17, 15) is 9.59 Å². The number of nitrogens with one attached hydrogen (secondary N) is 1. The smallest absolute Gasteiger partial charge is 0.238 e. The van der Waals surface area contributed by atoms with Crippen LogP contribution < -0.4 is 5.32 Å². The summed E-state index contributed by atoms with van der Waals surface area (Å²) in [5.41, 5.74) is 1.66. The summed E-state index contributed by atoms with van der Waals surface area (Å²) in [5.74, 6) is -0.0219. The van der Waals surface area contributed by atoms with E-state index in [1.54, 1.807) is 12.1 Å². The average Bonchev–Trinajstić information content (AvgIpc) is 2.49. The zero-order valence-corrected chi connectivity index (χ0v) is 11.9. The predicted molar refractivity (Wildman–Crippen MR) is 79.6 cm³/mol.